The van der Waals surface area contributed by atoms with Crippen LogP contribution in [0.15, 0.2) is 0 Å². The van der Waals surface area contributed by atoms with Gasteiger partial charge in [-0.1, -0.05) is 59.9 Å². The van der Waals surface area contributed by atoms with Crippen LogP contribution in [0, 0.1) is 17.8 Å². The van der Waals surface area contributed by atoms with E-state index in [1.54, 1.807) is 0 Å². The van der Waals surface area contributed by atoms with Gasteiger partial charge in [-0.05, 0) is 23.6 Å². The van der Waals surface area contributed by atoms with E-state index < -0.39 is 0 Å². The van der Waals surface area contributed by atoms with Crippen LogP contribution >= 0.6 is 0 Å². The fourth-order valence-corrected chi connectivity index (χ4v) is 3.57. The van der Waals surface area contributed by atoms with Gasteiger partial charge >= 0.3 is 0 Å². The van der Waals surface area contributed by atoms with Crippen molar-refractivity contribution in [3.05, 3.63) is 0 Å². The number of nitrogens with two attached hydrogens (primary N) is 1. The van der Waals surface area contributed by atoms with Crippen LogP contribution in [0.2, 0.25) is 25.3 Å². The molecular formula is C13H29B2N. The Bertz CT molecular complexity index is 146. The molecule has 4 unspecified atom stereocenters. The molecule has 1 aliphatic rings. The van der Waals surface area contributed by atoms with Crippen molar-refractivity contribution in [2.24, 2.45) is 23.5 Å². The Balaban J connectivity index is 2.98. The van der Waals surface area contributed by atoms with Crippen molar-refractivity contribution in [1.29, 1.82) is 0 Å². The van der Waals surface area contributed by atoms with Gasteiger partial charge < -0.3 is 5.73 Å². The third kappa shape index (κ3) is 2.34. The van der Waals surface area contributed by atoms with Crippen LogP contribution in [-0.2, 0) is 0 Å². The van der Waals surface area contributed by atoms with E-state index in [9.17, 15) is 0 Å². The molecule has 0 aromatic carbocycles. The lowest BCUT2D eigenvalue weighted by Gasteiger charge is -2.43. The van der Waals surface area contributed by atoms with Crippen molar-refractivity contribution in [2.75, 3.05) is 0 Å². The summed E-state index contributed by atoms with van der Waals surface area (Å²) in [6.07, 6.45) is 0. The summed E-state index contributed by atoms with van der Waals surface area (Å²) >= 11 is 0. The molecule has 1 nitrogen and oxygen atoms in total. The Morgan fingerprint density at radius 1 is 0.688 bits per heavy atom. The Morgan fingerprint density at radius 2 is 1.00 bits per heavy atom. The maximum absolute atomic E-state index is 6.44. The SMILES string of the molecule is CB1C(N)B(C)C(C)C(C)C(C)C(C)C1C. The Labute approximate surface area is 103 Å². The van der Waals surface area contributed by atoms with Gasteiger partial charge in [-0.15, -0.1) is 0 Å². The van der Waals surface area contributed by atoms with E-state index in [2.05, 4.69) is 48.3 Å². The largest absolute Gasteiger partial charge is 0.341 e. The minimum absolute atomic E-state index is 0.363. The fourth-order valence-electron chi connectivity index (χ4n) is 3.57. The molecule has 0 saturated carbocycles. The number of rotatable bonds is 0. The molecule has 1 fully saturated rings. The standard InChI is InChI=1S/C13H29B2N/c1-8-9(2)11(4)14(6)13(16)15(7)12(5)10(8)3/h8-13H,16H2,1-7H3. The quantitative estimate of drug-likeness (QED) is 0.623. The third-order valence-electron chi connectivity index (χ3n) is 6.19. The highest BCUT2D eigenvalue weighted by atomic mass is 14.6. The van der Waals surface area contributed by atoms with Crippen molar-refractivity contribution in [2.45, 2.75) is 65.7 Å². The monoisotopic (exact) mass is 221 g/mol. The van der Waals surface area contributed by atoms with Crippen molar-refractivity contribution >= 4 is 13.4 Å². The van der Waals surface area contributed by atoms with E-state index in [1.807, 2.05) is 0 Å². The summed E-state index contributed by atoms with van der Waals surface area (Å²) in [6.45, 7) is 18.0. The zero-order valence-corrected chi connectivity index (χ0v) is 12.2. The van der Waals surface area contributed by atoms with Crippen LogP contribution in [0.4, 0.5) is 0 Å². The molecule has 4 atom stereocenters. The van der Waals surface area contributed by atoms with Crippen LogP contribution < -0.4 is 5.73 Å². The van der Waals surface area contributed by atoms with Crippen molar-refractivity contribution in [3.8, 4) is 0 Å². The van der Waals surface area contributed by atoms with E-state index in [1.165, 1.54) is 0 Å². The van der Waals surface area contributed by atoms with Crippen molar-refractivity contribution in [3.63, 3.8) is 0 Å². The van der Waals surface area contributed by atoms with Gasteiger partial charge in [0.2, 0.25) is 0 Å². The molecule has 1 rings (SSSR count). The molecule has 1 saturated heterocycles. The molecule has 0 aromatic heterocycles. The van der Waals surface area contributed by atoms with Crippen LogP contribution in [0.3, 0.4) is 0 Å². The molecule has 2 N–H and O–H groups in total. The molecule has 1 heterocycles. The summed E-state index contributed by atoms with van der Waals surface area (Å²) < 4.78 is 0. The number of hydrogen-bond donors (Lipinski definition) is 1. The lowest BCUT2D eigenvalue weighted by molar-refractivity contribution is 0.259. The molecule has 16 heavy (non-hydrogen) atoms. The summed E-state index contributed by atoms with van der Waals surface area (Å²) in [6, 6.07) is 0. The zero-order valence-electron chi connectivity index (χ0n) is 12.2. The first-order valence-electron chi connectivity index (χ1n) is 7.04. The topological polar surface area (TPSA) is 26.0 Å². The minimum Gasteiger partial charge on any atom is -0.341 e. The molecule has 1 aliphatic heterocycles. The highest BCUT2D eigenvalue weighted by Crippen LogP contribution is 2.41. The highest BCUT2D eigenvalue weighted by molar-refractivity contribution is 6.80. The van der Waals surface area contributed by atoms with Crippen LogP contribution in [-0.4, -0.2) is 19.3 Å². The van der Waals surface area contributed by atoms with Gasteiger partial charge in [0.25, 0.3) is 0 Å². The van der Waals surface area contributed by atoms with Gasteiger partial charge in [0.15, 0.2) is 0 Å². The molecule has 0 spiro atoms. The van der Waals surface area contributed by atoms with Gasteiger partial charge in [-0.25, -0.2) is 0 Å². The predicted octanol–water partition coefficient (Wildman–Crippen LogP) is 3.34. The van der Waals surface area contributed by atoms with E-state index in [0.717, 1.165) is 29.4 Å². The summed E-state index contributed by atoms with van der Waals surface area (Å²) in [5.74, 6) is 4.21. The Morgan fingerprint density at radius 3 is 1.31 bits per heavy atom. The molecule has 0 radical (unpaired) electrons. The van der Waals surface area contributed by atoms with Crippen molar-refractivity contribution < 1.29 is 0 Å². The summed E-state index contributed by atoms with van der Waals surface area (Å²) in [7, 11) is 0. The average molecular weight is 221 g/mol. The highest BCUT2D eigenvalue weighted by Gasteiger charge is 2.41. The van der Waals surface area contributed by atoms with Crippen molar-refractivity contribution in [1.82, 2.24) is 0 Å². The Kier molecular flexibility index (Phi) is 4.57. The van der Waals surface area contributed by atoms with Gasteiger partial charge in [0.1, 0.15) is 13.4 Å². The first-order valence-corrected chi connectivity index (χ1v) is 7.04. The van der Waals surface area contributed by atoms with Gasteiger partial charge in [0, 0.05) is 0 Å². The second-order valence-electron chi connectivity index (χ2n) is 6.59. The lowest BCUT2D eigenvalue weighted by atomic mass is 9.17. The summed E-state index contributed by atoms with van der Waals surface area (Å²) in [5.41, 5.74) is 6.44. The first-order chi connectivity index (χ1) is 7.29. The van der Waals surface area contributed by atoms with Gasteiger partial charge in [-0.3, -0.25) is 0 Å². The smallest absolute Gasteiger partial charge is 0.150 e. The average Bonchev–Trinajstić information content (AvgIpc) is 2.30. The third-order valence-corrected chi connectivity index (χ3v) is 6.19. The van der Waals surface area contributed by atoms with E-state index in [4.69, 9.17) is 5.73 Å². The summed E-state index contributed by atoms with van der Waals surface area (Å²) in [5, 5.41) is 0. The molecule has 92 valence electrons. The maximum atomic E-state index is 6.44. The van der Waals surface area contributed by atoms with Gasteiger partial charge in [0.05, 0.1) is 0 Å². The Hall–Kier alpha value is 0.0899. The number of hydrogen-bond acceptors (Lipinski definition) is 1. The van der Waals surface area contributed by atoms with Crippen LogP contribution in [0.25, 0.3) is 0 Å². The zero-order chi connectivity index (χ0) is 12.6. The molecule has 0 amide bonds. The van der Waals surface area contributed by atoms with E-state index in [-0.39, 0.29) is 0 Å². The predicted molar refractivity (Wildman–Crippen MR) is 77.6 cm³/mol. The molecular weight excluding hydrogens is 192 g/mol. The second kappa shape index (κ2) is 5.16. The van der Waals surface area contributed by atoms with Crippen LogP contribution in [0.1, 0.15) is 34.6 Å². The van der Waals surface area contributed by atoms with E-state index >= 15 is 0 Å². The van der Waals surface area contributed by atoms with Gasteiger partial charge in [-0.2, -0.15) is 0 Å². The van der Waals surface area contributed by atoms with Crippen LogP contribution in [0.5, 0.6) is 0 Å². The first kappa shape index (κ1) is 14.2. The molecule has 3 heteroatoms. The molecule has 0 aliphatic carbocycles. The van der Waals surface area contributed by atoms with E-state index in [0.29, 0.717) is 19.3 Å². The molecule has 0 bridgehead atoms. The lowest BCUT2D eigenvalue weighted by Crippen LogP contribution is -2.55. The summed E-state index contributed by atoms with van der Waals surface area (Å²) in [4.78, 5) is 0. The fraction of sp³-hybridized carbons (Fsp3) is 1.00. The normalized spacial score (nSPS) is 46.5. The minimum atomic E-state index is 0.363. The second-order valence-corrected chi connectivity index (χ2v) is 6.59. The maximum Gasteiger partial charge on any atom is 0.150 e. The molecule has 0 aromatic rings.